The van der Waals surface area contributed by atoms with Crippen molar-refractivity contribution in [2.45, 2.75) is 46.2 Å². The number of aryl methyl sites for hydroxylation is 2. The Kier molecular flexibility index (Phi) is 5.53. The highest BCUT2D eigenvalue weighted by Crippen LogP contribution is 2.18. The maximum Gasteiger partial charge on any atom is 0.222 e. The van der Waals surface area contributed by atoms with E-state index in [1.54, 1.807) is 0 Å². The topological polar surface area (TPSA) is 50.2 Å². The lowest BCUT2D eigenvalue weighted by Crippen LogP contribution is -2.38. The summed E-state index contributed by atoms with van der Waals surface area (Å²) in [6.45, 7) is 9.69. The number of amides is 1. The van der Waals surface area contributed by atoms with Crippen LogP contribution in [0.3, 0.4) is 0 Å². The third kappa shape index (κ3) is 4.48. The monoisotopic (exact) mass is 340 g/mol. The third-order valence-electron chi connectivity index (χ3n) is 4.90. The minimum absolute atomic E-state index is 0.0792. The summed E-state index contributed by atoms with van der Waals surface area (Å²) in [7, 11) is 0. The number of fused-ring (bicyclic) bond motifs is 1. The molecule has 1 aromatic heterocycles. The van der Waals surface area contributed by atoms with E-state index in [1.807, 2.05) is 31.5 Å². The molecule has 1 unspecified atom stereocenters. The first-order valence-corrected chi connectivity index (χ1v) is 9.11. The molecule has 25 heavy (non-hydrogen) atoms. The van der Waals surface area contributed by atoms with E-state index < -0.39 is 0 Å². The quantitative estimate of drug-likeness (QED) is 0.879. The van der Waals surface area contributed by atoms with Gasteiger partial charge < -0.3 is 5.32 Å². The molecule has 0 saturated carbocycles. The lowest BCUT2D eigenvalue weighted by Gasteiger charge is -2.28. The van der Waals surface area contributed by atoms with Gasteiger partial charge in [0.2, 0.25) is 5.91 Å². The molecule has 0 bridgehead atoms. The highest BCUT2D eigenvalue weighted by atomic mass is 16.1. The van der Waals surface area contributed by atoms with Crippen LogP contribution >= 0.6 is 0 Å². The van der Waals surface area contributed by atoms with Gasteiger partial charge in [-0.1, -0.05) is 24.3 Å². The van der Waals surface area contributed by atoms with Gasteiger partial charge >= 0.3 is 0 Å². The average molecular weight is 340 g/mol. The molecule has 1 atom stereocenters. The van der Waals surface area contributed by atoms with Crippen LogP contribution in [0.1, 0.15) is 41.9 Å². The van der Waals surface area contributed by atoms with E-state index >= 15 is 0 Å². The second-order valence-electron chi connectivity index (χ2n) is 7.07. The van der Waals surface area contributed by atoms with Gasteiger partial charge in [-0.3, -0.25) is 14.4 Å². The van der Waals surface area contributed by atoms with Crippen LogP contribution in [0.2, 0.25) is 0 Å². The van der Waals surface area contributed by atoms with Crippen molar-refractivity contribution in [1.82, 2.24) is 20.0 Å². The molecule has 0 fully saturated rings. The van der Waals surface area contributed by atoms with Gasteiger partial charge in [0, 0.05) is 38.3 Å². The van der Waals surface area contributed by atoms with E-state index in [1.165, 1.54) is 11.1 Å². The van der Waals surface area contributed by atoms with Crippen molar-refractivity contribution < 1.29 is 4.79 Å². The zero-order valence-electron chi connectivity index (χ0n) is 15.5. The van der Waals surface area contributed by atoms with Crippen LogP contribution in [0.5, 0.6) is 0 Å². The fraction of sp³-hybridized carbons (Fsp3) is 0.500. The molecule has 0 aliphatic carbocycles. The zero-order valence-corrected chi connectivity index (χ0v) is 15.5. The lowest BCUT2D eigenvalue weighted by molar-refractivity contribution is -0.121. The standard InChI is InChI=1S/C20H28N4O/c1-15-12-16(2)24(22-15)17(3)13-20(25)21-9-11-23-10-8-18-6-4-5-7-19(18)14-23/h4-7,12,17H,8-11,13-14H2,1-3H3,(H,21,25). The SMILES string of the molecule is Cc1cc(C)n(C(C)CC(=O)NCCN2CCc3ccccc3C2)n1. The first-order valence-electron chi connectivity index (χ1n) is 9.11. The fourth-order valence-corrected chi connectivity index (χ4v) is 3.62. The molecule has 1 amide bonds. The van der Waals surface area contributed by atoms with Gasteiger partial charge in [-0.25, -0.2) is 0 Å². The Bertz CT molecular complexity index is 737. The predicted octanol–water partition coefficient (Wildman–Crippen LogP) is 2.63. The molecule has 0 radical (unpaired) electrons. The first kappa shape index (κ1) is 17.7. The largest absolute Gasteiger partial charge is 0.355 e. The number of carbonyl (C=O) groups excluding carboxylic acids is 1. The number of aromatic nitrogens is 2. The average Bonchev–Trinajstić information content (AvgIpc) is 2.93. The highest BCUT2D eigenvalue weighted by Gasteiger charge is 2.16. The van der Waals surface area contributed by atoms with Crippen molar-refractivity contribution in [1.29, 1.82) is 0 Å². The van der Waals surface area contributed by atoms with Gasteiger partial charge in [-0.15, -0.1) is 0 Å². The fourth-order valence-electron chi connectivity index (χ4n) is 3.62. The third-order valence-corrected chi connectivity index (χ3v) is 4.90. The van der Waals surface area contributed by atoms with Gasteiger partial charge in [0.25, 0.3) is 0 Å². The Hall–Kier alpha value is -2.14. The minimum atomic E-state index is 0.0792. The summed E-state index contributed by atoms with van der Waals surface area (Å²) >= 11 is 0. The Labute approximate surface area is 150 Å². The highest BCUT2D eigenvalue weighted by molar-refractivity contribution is 5.76. The molecule has 2 aromatic rings. The second-order valence-corrected chi connectivity index (χ2v) is 7.07. The van der Waals surface area contributed by atoms with Crippen LogP contribution in [-0.4, -0.2) is 40.2 Å². The Morgan fingerprint density at radius 2 is 2.04 bits per heavy atom. The number of nitrogens with one attached hydrogen (secondary N) is 1. The van der Waals surface area contributed by atoms with E-state index in [4.69, 9.17) is 0 Å². The number of hydrogen-bond donors (Lipinski definition) is 1. The molecule has 2 heterocycles. The number of carbonyl (C=O) groups is 1. The molecule has 134 valence electrons. The predicted molar refractivity (Wildman–Crippen MR) is 99.5 cm³/mol. The van der Waals surface area contributed by atoms with E-state index in [9.17, 15) is 4.79 Å². The van der Waals surface area contributed by atoms with Gasteiger partial charge in [0.1, 0.15) is 0 Å². The molecule has 5 heteroatoms. The summed E-state index contributed by atoms with van der Waals surface area (Å²) < 4.78 is 1.94. The van der Waals surface area contributed by atoms with Crippen LogP contribution in [0.25, 0.3) is 0 Å². The molecule has 5 nitrogen and oxygen atoms in total. The molecule has 0 saturated heterocycles. The van der Waals surface area contributed by atoms with E-state index in [0.29, 0.717) is 13.0 Å². The van der Waals surface area contributed by atoms with Crippen molar-refractivity contribution >= 4 is 5.91 Å². The smallest absolute Gasteiger partial charge is 0.222 e. The van der Waals surface area contributed by atoms with Gasteiger partial charge in [0.15, 0.2) is 0 Å². The number of nitrogens with zero attached hydrogens (tertiary/aromatic N) is 3. The zero-order chi connectivity index (χ0) is 17.8. The maximum atomic E-state index is 12.2. The summed E-state index contributed by atoms with van der Waals surface area (Å²) in [5.41, 5.74) is 4.97. The molecule has 1 aliphatic rings. The Morgan fingerprint density at radius 1 is 1.28 bits per heavy atom. The van der Waals surface area contributed by atoms with E-state index in [2.05, 4.69) is 39.6 Å². The van der Waals surface area contributed by atoms with Gasteiger partial charge in [-0.2, -0.15) is 5.10 Å². The maximum absolute atomic E-state index is 12.2. The van der Waals surface area contributed by atoms with Crippen LogP contribution in [-0.2, 0) is 17.8 Å². The van der Waals surface area contributed by atoms with Crippen LogP contribution in [0, 0.1) is 13.8 Å². The summed E-state index contributed by atoms with van der Waals surface area (Å²) in [6, 6.07) is 10.8. The number of hydrogen-bond acceptors (Lipinski definition) is 3. The molecule has 1 aliphatic heterocycles. The second kappa shape index (κ2) is 7.83. The van der Waals surface area contributed by atoms with Crippen molar-refractivity contribution in [2.75, 3.05) is 19.6 Å². The lowest BCUT2D eigenvalue weighted by atomic mass is 10.00. The van der Waals surface area contributed by atoms with Crippen LogP contribution < -0.4 is 5.32 Å². The van der Waals surface area contributed by atoms with E-state index in [0.717, 1.165) is 37.4 Å². The minimum Gasteiger partial charge on any atom is -0.355 e. The van der Waals surface area contributed by atoms with Crippen LogP contribution in [0.4, 0.5) is 0 Å². The molecule has 1 N–H and O–H groups in total. The first-order chi connectivity index (χ1) is 12.0. The van der Waals surface area contributed by atoms with Gasteiger partial charge in [0.05, 0.1) is 11.7 Å². The Balaban J connectivity index is 1.42. The van der Waals surface area contributed by atoms with Gasteiger partial charge in [-0.05, 0) is 44.4 Å². The van der Waals surface area contributed by atoms with Crippen molar-refractivity contribution in [2.24, 2.45) is 0 Å². The number of rotatable bonds is 6. The summed E-state index contributed by atoms with van der Waals surface area (Å²) in [5, 5.41) is 7.53. The molecular weight excluding hydrogens is 312 g/mol. The molecular formula is C20H28N4O. The molecule has 0 spiro atoms. The molecule has 3 rings (SSSR count). The normalized spacial score (nSPS) is 15.6. The van der Waals surface area contributed by atoms with Crippen LogP contribution in [0.15, 0.2) is 30.3 Å². The summed E-state index contributed by atoms with van der Waals surface area (Å²) in [4.78, 5) is 14.6. The summed E-state index contributed by atoms with van der Waals surface area (Å²) in [6.07, 6.45) is 1.56. The van der Waals surface area contributed by atoms with Crippen molar-refractivity contribution in [3.8, 4) is 0 Å². The van der Waals surface area contributed by atoms with Crippen molar-refractivity contribution in [3.63, 3.8) is 0 Å². The molecule has 1 aromatic carbocycles. The Morgan fingerprint density at radius 3 is 2.76 bits per heavy atom. The summed E-state index contributed by atoms with van der Waals surface area (Å²) in [5.74, 6) is 0.0949. The number of benzene rings is 1. The van der Waals surface area contributed by atoms with Crippen molar-refractivity contribution in [3.05, 3.63) is 52.8 Å². The van der Waals surface area contributed by atoms with E-state index in [-0.39, 0.29) is 11.9 Å².